The molecular formula is C19H26IN3O2. The van der Waals surface area contributed by atoms with Crippen LogP contribution in [0, 0.1) is 9.49 Å². The monoisotopic (exact) mass is 455 g/mol. The van der Waals surface area contributed by atoms with E-state index in [-0.39, 0.29) is 11.8 Å². The van der Waals surface area contributed by atoms with E-state index >= 15 is 0 Å². The standard InChI is InChI=1S/C19H26IN3O2/c20-16-8-4-5-9-17(16)21-18(24)14-22-10-12-23(13-11-22)19(25)15-6-2-1-3-7-15/h4-5,8-9,15H,1-3,6-7,10-14H2,(H,21,24). The minimum Gasteiger partial charge on any atom is -0.340 e. The molecule has 1 heterocycles. The fourth-order valence-corrected chi connectivity index (χ4v) is 4.21. The molecule has 1 aromatic rings. The van der Waals surface area contributed by atoms with Gasteiger partial charge < -0.3 is 10.2 Å². The minimum absolute atomic E-state index is 0.0103. The van der Waals surface area contributed by atoms with Crippen LogP contribution < -0.4 is 5.32 Å². The Labute approximate surface area is 163 Å². The smallest absolute Gasteiger partial charge is 0.238 e. The largest absolute Gasteiger partial charge is 0.340 e. The van der Waals surface area contributed by atoms with Crippen molar-refractivity contribution in [2.24, 2.45) is 5.92 Å². The molecule has 0 atom stereocenters. The molecule has 2 fully saturated rings. The highest BCUT2D eigenvalue weighted by Crippen LogP contribution is 2.25. The van der Waals surface area contributed by atoms with Crippen molar-refractivity contribution in [3.05, 3.63) is 27.8 Å². The number of hydrogen-bond donors (Lipinski definition) is 1. The summed E-state index contributed by atoms with van der Waals surface area (Å²) in [7, 11) is 0. The van der Waals surface area contributed by atoms with Crippen LogP contribution in [0.3, 0.4) is 0 Å². The minimum atomic E-state index is 0.0103. The highest BCUT2D eigenvalue weighted by molar-refractivity contribution is 14.1. The molecule has 2 amide bonds. The van der Waals surface area contributed by atoms with Crippen LogP contribution in [0.1, 0.15) is 32.1 Å². The molecule has 6 heteroatoms. The number of rotatable bonds is 4. The average Bonchev–Trinajstić information content (AvgIpc) is 2.64. The van der Waals surface area contributed by atoms with E-state index < -0.39 is 0 Å². The van der Waals surface area contributed by atoms with Gasteiger partial charge in [0.2, 0.25) is 11.8 Å². The molecule has 1 aromatic carbocycles. The lowest BCUT2D eigenvalue weighted by atomic mass is 9.88. The van der Waals surface area contributed by atoms with E-state index in [4.69, 9.17) is 0 Å². The average molecular weight is 455 g/mol. The Balaban J connectivity index is 1.43. The number of benzene rings is 1. The third-order valence-corrected chi connectivity index (χ3v) is 6.09. The second-order valence-corrected chi connectivity index (χ2v) is 8.13. The van der Waals surface area contributed by atoms with Crippen molar-refractivity contribution in [1.29, 1.82) is 0 Å². The van der Waals surface area contributed by atoms with Crippen LogP contribution in [-0.2, 0) is 9.59 Å². The summed E-state index contributed by atoms with van der Waals surface area (Å²) >= 11 is 2.22. The Morgan fingerprint density at radius 1 is 1.04 bits per heavy atom. The van der Waals surface area contributed by atoms with E-state index in [0.29, 0.717) is 12.5 Å². The van der Waals surface area contributed by atoms with Crippen LogP contribution in [0.4, 0.5) is 5.69 Å². The Morgan fingerprint density at radius 3 is 2.40 bits per heavy atom. The second kappa shape index (κ2) is 8.98. The van der Waals surface area contributed by atoms with Gasteiger partial charge in [0, 0.05) is 35.7 Å². The maximum Gasteiger partial charge on any atom is 0.238 e. The predicted molar refractivity (Wildman–Crippen MR) is 107 cm³/mol. The van der Waals surface area contributed by atoms with Gasteiger partial charge >= 0.3 is 0 Å². The van der Waals surface area contributed by atoms with Crippen molar-refractivity contribution in [3.63, 3.8) is 0 Å². The SMILES string of the molecule is O=C(CN1CCN(C(=O)C2CCCCC2)CC1)Nc1ccccc1I. The number of amides is 2. The number of carbonyl (C=O) groups excluding carboxylic acids is 2. The van der Waals surface area contributed by atoms with Gasteiger partial charge in [-0.2, -0.15) is 0 Å². The van der Waals surface area contributed by atoms with Gasteiger partial charge in [0.05, 0.1) is 12.2 Å². The Morgan fingerprint density at radius 2 is 1.72 bits per heavy atom. The normalized spacial score (nSPS) is 19.6. The zero-order chi connectivity index (χ0) is 17.6. The van der Waals surface area contributed by atoms with Crippen molar-refractivity contribution in [2.45, 2.75) is 32.1 Å². The van der Waals surface area contributed by atoms with Gasteiger partial charge in [-0.25, -0.2) is 0 Å². The third-order valence-electron chi connectivity index (χ3n) is 5.15. The van der Waals surface area contributed by atoms with Crippen molar-refractivity contribution >= 4 is 40.1 Å². The third kappa shape index (κ3) is 5.17. The lowest BCUT2D eigenvalue weighted by Crippen LogP contribution is -2.52. The second-order valence-electron chi connectivity index (χ2n) is 6.96. The zero-order valence-electron chi connectivity index (χ0n) is 14.5. The first-order valence-electron chi connectivity index (χ1n) is 9.19. The first-order valence-corrected chi connectivity index (χ1v) is 10.3. The Kier molecular flexibility index (Phi) is 6.70. The molecule has 5 nitrogen and oxygen atoms in total. The number of nitrogens with one attached hydrogen (secondary N) is 1. The Bertz CT molecular complexity index is 608. The molecule has 1 saturated carbocycles. The van der Waals surface area contributed by atoms with Crippen molar-refractivity contribution in [2.75, 3.05) is 38.0 Å². The molecule has 0 unspecified atom stereocenters. The van der Waals surface area contributed by atoms with Gasteiger partial charge in [-0.15, -0.1) is 0 Å². The first-order chi connectivity index (χ1) is 12.1. The number of hydrogen-bond acceptors (Lipinski definition) is 3. The van der Waals surface area contributed by atoms with Gasteiger partial charge in [0.25, 0.3) is 0 Å². The summed E-state index contributed by atoms with van der Waals surface area (Å²) in [6.45, 7) is 3.42. The summed E-state index contributed by atoms with van der Waals surface area (Å²) in [5, 5.41) is 2.97. The summed E-state index contributed by atoms with van der Waals surface area (Å²) in [5.41, 5.74) is 0.860. The first kappa shape index (κ1) is 18.6. The van der Waals surface area contributed by atoms with Crippen LogP contribution in [0.2, 0.25) is 0 Å². The maximum atomic E-state index is 12.6. The van der Waals surface area contributed by atoms with Gasteiger partial charge in [-0.1, -0.05) is 31.4 Å². The lowest BCUT2D eigenvalue weighted by Gasteiger charge is -2.36. The van der Waals surface area contributed by atoms with Gasteiger partial charge in [0.15, 0.2) is 0 Å². The fourth-order valence-electron chi connectivity index (χ4n) is 3.69. The van der Waals surface area contributed by atoms with Crippen LogP contribution in [0.5, 0.6) is 0 Å². The summed E-state index contributed by atoms with van der Waals surface area (Å²) in [6.07, 6.45) is 5.75. The topological polar surface area (TPSA) is 52.7 Å². The highest BCUT2D eigenvalue weighted by Gasteiger charge is 2.28. The number of para-hydroxylation sites is 1. The number of anilines is 1. The van der Waals surface area contributed by atoms with Gasteiger partial charge in [-0.3, -0.25) is 14.5 Å². The molecule has 0 radical (unpaired) electrons. The summed E-state index contributed by atoms with van der Waals surface area (Å²) in [5.74, 6) is 0.586. The summed E-state index contributed by atoms with van der Waals surface area (Å²) < 4.78 is 1.04. The van der Waals surface area contributed by atoms with Gasteiger partial charge in [0.1, 0.15) is 0 Å². The van der Waals surface area contributed by atoms with E-state index in [9.17, 15) is 9.59 Å². The van der Waals surface area contributed by atoms with Crippen molar-refractivity contribution in [1.82, 2.24) is 9.80 Å². The molecular weight excluding hydrogens is 429 g/mol. The Hall–Kier alpha value is -1.15. The molecule has 1 aliphatic heterocycles. The number of nitrogens with zero attached hydrogens (tertiary/aromatic N) is 2. The highest BCUT2D eigenvalue weighted by atomic mass is 127. The molecule has 1 aliphatic carbocycles. The molecule has 1 saturated heterocycles. The van der Waals surface area contributed by atoms with Gasteiger partial charge in [-0.05, 0) is 47.6 Å². The zero-order valence-corrected chi connectivity index (χ0v) is 16.7. The number of halogens is 1. The number of carbonyl (C=O) groups is 2. The molecule has 0 spiro atoms. The molecule has 3 rings (SSSR count). The van der Waals surface area contributed by atoms with Crippen LogP contribution >= 0.6 is 22.6 Å². The van der Waals surface area contributed by atoms with Crippen molar-refractivity contribution in [3.8, 4) is 0 Å². The van der Waals surface area contributed by atoms with E-state index in [1.165, 1.54) is 19.3 Å². The van der Waals surface area contributed by atoms with E-state index in [1.54, 1.807) is 0 Å². The molecule has 25 heavy (non-hydrogen) atoms. The summed E-state index contributed by atoms with van der Waals surface area (Å²) in [6, 6.07) is 7.78. The van der Waals surface area contributed by atoms with E-state index in [2.05, 4.69) is 32.8 Å². The molecule has 2 aliphatic rings. The van der Waals surface area contributed by atoms with E-state index in [0.717, 1.165) is 48.3 Å². The molecule has 0 aromatic heterocycles. The summed E-state index contributed by atoms with van der Waals surface area (Å²) in [4.78, 5) is 29.0. The number of piperazine rings is 1. The van der Waals surface area contributed by atoms with Crippen LogP contribution in [0.25, 0.3) is 0 Å². The molecule has 0 bridgehead atoms. The van der Waals surface area contributed by atoms with Crippen molar-refractivity contribution < 1.29 is 9.59 Å². The molecule has 1 N–H and O–H groups in total. The van der Waals surface area contributed by atoms with Crippen LogP contribution in [-0.4, -0.2) is 54.3 Å². The van der Waals surface area contributed by atoms with Crippen LogP contribution in [0.15, 0.2) is 24.3 Å². The molecule has 136 valence electrons. The fraction of sp³-hybridized carbons (Fsp3) is 0.579. The lowest BCUT2D eigenvalue weighted by molar-refractivity contribution is -0.138. The van der Waals surface area contributed by atoms with E-state index in [1.807, 2.05) is 29.2 Å². The quantitative estimate of drug-likeness (QED) is 0.711. The maximum absolute atomic E-state index is 12.6. The predicted octanol–water partition coefficient (Wildman–Crippen LogP) is 2.95.